The number of esters is 1. The number of carbonyl (C=O) groups excluding carboxylic acids is 2. The zero-order chi connectivity index (χ0) is 14.3. The van der Waals surface area contributed by atoms with Crippen LogP contribution in [0.5, 0.6) is 0 Å². The first-order valence-corrected chi connectivity index (χ1v) is 6.78. The molecule has 1 aromatic carbocycles. The van der Waals surface area contributed by atoms with Gasteiger partial charge in [0.05, 0.1) is 6.61 Å². The van der Waals surface area contributed by atoms with E-state index in [2.05, 4.69) is 16.6 Å². The summed E-state index contributed by atoms with van der Waals surface area (Å²) < 4.78 is 9.36. The van der Waals surface area contributed by atoms with Gasteiger partial charge in [-0.15, -0.1) is 11.8 Å². The van der Waals surface area contributed by atoms with Crippen molar-refractivity contribution < 1.29 is 19.1 Å². The molecule has 5 nitrogen and oxygen atoms in total. The molecule has 6 heteroatoms. The standard InChI is InChI=1S/C13H15NO4S/c1-4-17-12(15)9(2)18-13(16)14-10-6-5-7-11(8-10)19-3/h5-8H,2,4H2,1,3H3,(H,14,16). The van der Waals surface area contributed by atoms with Crippen molar-refractivity contribution in [1.82, 2.24) is 0 Å². The topological polar surface area (TPSA) is 64.6 Å². The minimum absolute atomic E-state index is 0.193. The molecule has 0 saturated carbocycles. The molecule has 1 aromatic rings. The van der Waals surface area contributed by atoms with Gasteiger partial charge in [0.15, 0.2) is 0 Å². The van der Waals surface area contributed by atoms with E-state index in [-0.39, 0.29) is 12.4 Å². The molecule has 0 fully saturated rings. The van der Waals surface area contributed by atoms with Crippen LogP contribution in [0.15, 0.2) is 41.5 Å². The van der Waals surface area contributed by atoms with Gasteiger partial charge >= 0.3 is 12.1 Å². The van der Waals surface area contributed by atoms with Gasteiger partial charge < -0.3 is 9.47 Å². The predicted molar refractivity (Wildman–Crippen MR) is 74.1 cm³/mol. The number of nitrogens with one attached hydrogen (secondary N) is 1. The second kappa shape index (κ2) is 7.48. The number of carbonyl (C=O) groups is 2. The lowest BCUT2D eigenvalue weighted by atomic mass is 10.3. The van der Waals surface area contributed by atoms with Gasteiger partial charge in [-0.1, -0.05) is 6.07 Å². The molecular formula is C13H15NO4S. The van der Waals surface area contributed by atoms with Gasteiger partial charge in [0, 0.05) is 10.6 Å². The number of hydrogen-bond acceptors (Lipinski definition) is 5. The SMILES string of the molecule is C=C(OC(=O)Nc1cccc(SC)c1)C(=O)OCC. The molecular weight excluding hydrogens is 266 g/mol. The van der Waals surface area contributed by atoms with Crippen LogP contribution in [0.25, 0.3) is 0 Å². The summed E-state index contributed by atoms with van der Waals surface area (Å²) in [6.07, 6.45) is 1.15. The number of rotatable bonds is 5. The zero-order valence-electron chi connectivity index (χ0n) is 10.8. The lowest BCUT2D eigenvalue weighted by Gasteiger charge is -2.08. The summed E-state index contributed by atoms with van der Waals surface area (Å²) in [5.41, 5.74) is 0.577. The maximum atomic E-state index is 11.5. The van der Waals surface area contributed by atoms with Crippen LogP contribution in [-0.2, 0) is 14.3 Å². The fourth-order valence-corrected chi connectivity index (χ4v) is 1.67. The maximum Gasteiger partial charge on any atom is 0.417 e. The zero-order valence-corrected chi connectivity index (χ0v) is 11.6. The van der Waals surface area contributed by atoms with E-state index in [9.17, 15) is 9.59 Å². The Morgan fingerprint density at radius 1 is 1.42 bits per heavy atom. The van der Waals surface area contributed by atoms with Crippen LogP contribution in [-0.4, -0.2) is 24.9 Å². The maximum absolute atomic E-state index is 11.5. The average Bonchev–Trinajstić information content (AvgIpc) is 2.39. The predicted octanol–water partition coefficient (Wildman–Crippen LogP) is 3.03. The second-order valence-corrected chi connectivity index (χ2v) is 4.27. The molecule has 0 aliphatic heterocycles. The molecule has 19 heavy (non-hydrogen) atoms. The smallest absolute Gasteiger partial charge is 0.417 e. The van der Waals surface area contributed by atoms with Crippen molar-refractivity contribution in [3.05, 3.63) is 36.6 Å². The van der Waals surface area contributed by atoms with E-state index in [4.69, 9.17) is 4.74 Å². The molecule has 0 spiro atoms. The van der Waals surface area contributed by atoms with Crippen molar-refractivity contribution >= 4 is 29.5 Å². The van der Waals surface area contributed by atoms with Crippen molar-refractivity contribution in [3.63, 3.8) is 0 Å². The molecule has 0 unspecified atom stereocenters. The normalized spacial score (nSPS) is 9.58. The summed E-state index contributed by atoms with van der Waals surface area (Å²) >= 11 is 1.55. The highest BCUT2D eigenvalue weighted by Gasteiger charge is 2.14. The third-order valence-corrected chi connectivity index (χ3v) is 2.76. The summed E-state index contributed by atoms with van der Waals surface area (Å²) in [7, 11) is 0. The van der Waals surface area contributed by atoms with E-state index in [1.165, 1.54) is 0 Å². The molecule has 0 radical (unpaired) electrons. The molecule has 0 aliphatic carbocycles. The third kappa shape index (κ3) is 5.05. The minimum Gasteiger partial charge on any atom is -0.460 e. The molecule has 1 N–H and O–H groups in total. The summed E-state index contributed by atoms with van der Waals surface area (Å²) in [5, 5.41) is 2.50. The van der Waals surface area contributed by atoms with Crippen LogP contribution in [0, 0.1) is 0 Å². The molecule has 0 saturated heterocycles. The monoisotopic (exact) mass is 281 g/mol. The van der Waals surface area contributed by atoms with Crippen LogP contribution in [0.2, 0.25) is 0 Å². The molecule has 0 heterocycles. The Bertz CT molecular complexity index is 487. The highest BCUT2D eigenvalue weighted by molar-refractivity contribution is 7.98. The quantitative estimate of drug-likeness (QED) is 0.389. The van der Waals surface area contributed by atoms with Gasteiger partial charge in [-0.25, -0.2) is 9.59 Å². The van der Waals surface area contributed by atoms with Crippen LogP contribution in [0.3, 0.4) is 0 Å². The summed E-state index contributed by atoms with van der Waals surface area (Å²) in [4.78, 5) is 23.7. The molecule has 1 amide bonds. The number of amides is 1. The number of benzene rings is 1. The summed E-state index contributed by atoms with van der Waals surface area (Å²) in [6.45, 7) is 5.17. The largest absolute Gasteiger partial charge is 0.460 e. The van der Waals surface area contributed by atoms with E-state index in [1.54, 1.807) is 30.8 Å². The van der Waals surface area contributed by atoms with Crippen molar-refractivity contribution in [2.45, 2.75) is 11.8 Å². The summed E-state index contributed by atoms with van der Waals surface area (Å²) in [6, 6.07) is 7.23. The summed E-state index contributed by atoms with van der Waals surface area (Å²) in [5.74, 6) is -1.10. The number of hydrogen-bond donors (Lipinski definition) is 1. The van der Waals surface area contributed by atoms with E-state index in [0.717, 1.165) is 4.90 Å². The first-order chi connectivity index (χ1) is 9.06. The fraction of sp³-hybridized carbons (Fsp3) is 0.231. The Labute approximate surface area is 116 Å². The third-order valence-electron chi connectivity index (χ3n) is 2.04. The average molecular weight is 281 g/mol. The first kappa shape index (κ1) is 15.1. The van der Waals surface area contributed by atoms with Gasteiger partial charge in [-0.3, -0.25) is 5.32 Å². The lowest BCUT2D eigenvalue weighted by Crippen LogP contribution is -2.18. The van der Waals surface area contributed by atoms with E-state index >= 15 is 0 Å². The number of anilines is 1. The van der Waals surface area contributed by atoms with Crippen LogP contribution < -0.4 is 5.32 Å². The molecule has 102 valence electrons. The van der Waals surface area contributed by atoms with Crippen LogP contribution >= 0.6 is 11.8 Å². The Kier molecular flexibility index (Phi) is 5.95. The Hall–Kier alpha value is -1.95. The van der Waals surface area contributed by atoms with Gasteiger partial charge in [0.2, 0.25) is 5.76 Å². The number of thioether (sulfide) groups is 1. The van der Waals surface area contributed by atoms with Crippen molar-refractivity contribution in [2.24, 2.45) is 0 Å². The number of ether oxygens (including phenoxy) is 2. The molecule has 0 bridgehead atoms. The highest BCUT2D eigenvalue weighted by atomic mass is 32.2. The molecule has 0 atom stereocenters. The van der Waals surface area contributed by atoms with Gasteiger partial charge in [-0.05, 0) is 38.0 Å². The van der Waals surface area contributed by atoms with Gasteiger partial charge in [0.25, 0.3) is 0 Å². The fourth-order valence-electron chi connectivity index (χ4n) is 1.21. The van der Waals surface area contributed by atoms with Crippen LogP contribution in [0.4, 0.5) is 10.5 Å². The second-order valence-electron chi connectivity index (χ2n) is 3.39. The van der Waals surface area contributed by atoms with Crippen molar-refractivity contribution in [3.8, 4) is 0 Å². The van der Waals surface area contributed by atoms with Gasteiger partial charge in [0.1, 0.15) is 0 Å². The molecule has 1 rings (SSSR count). The van der Waals surface area contributed by atoms with E-state index in [0.29, 0.717) is 5.69 Å². The minimum atomic E-state index is -0.781. The Balaban J connectivity index is 2.55. The van der Waals surface area contributed by atoms with Crippen molar-refractivity contribution in [2.75, 3.05) is 18.2 Å². The molecule has 0 aromatic heterocycles. The van der Waals surface area contributed by atoms with Crippen LogP contribution in [0.1, 0.15) is 6.92 Å². The highest BCUT2D eigenvalue weighted by Crippen LogP contribution is 2.19. The first-order valence-electron chi connectivity index (χ1n) is 5.55. The van der Waals surface area contributed by atoms with E-state index in [1.807, 2.05) is 18.4 Å². The Morgan fingerprint density at radius 3 is 2.79 bits per heavy atom. The Morgan fingerprint density at radius 2 is 2.16 bits per heavy atom. The lowest BCUT2D eigenvalue weighted by molar-refractivity contribution is -0.141. The molecule has 0 aliphatic rings. The van der Waals surface area contributed by atoms with E-state index < -0.39 is 12.1 Å². The van der Waals surface area contributed by atoms with Crippen molar-refractivity contribution in [1.29, 1.82) is 0 Å². The van der Waals surface area contributed by atoms with Gasteiger partial charge in [-0.2, -0.15) is 0 Å².